The average molecular weight is 285 g/mol. The van der Waals surface area contributed by atoms with E-state index in [1.807, 2.05) is 0 Å². The number of amides is 1. The number of aliphatic hydroxyl groups excluding tert-OH is 1. The van der Waals surface area contributed by atoms with Gasteiger partial charge in [-0.25, -0.2) is 8.78 Å². The zero-order valence-corrected chi connectivity index (χ0v) is 10.9. The Balaban J connectivity index is 2.32. The van der Waals surface area contributed by atoms with Gasteiger partial charge in [0.25, 0.3) is 6.43 Å². The van der Waals surface area contributed by atoms with Crippen molar-refractivity contribution in [3.05, 3.63) is 17.7 Å². The highest BCUT2D eigenvalue weighted by Gasteiger charge is 2.20. The molecule has 20 heavy (non-hydrogen) atoms. The maximum Gasteiger partial charge on any atom is 0.255 e. The minimum atomic E-state index is -2.52. The number of halogens is 2. The van der Waals surface area contributed by atoms with Crippen LogP contribution in [0.2, 0.25) is 0 Å². The first-order valence-corrected chi connectivity index (χ1v) is 6.37. The molecule has 0 unspecified atom stereocenters. The van der Waals surface area contributed by atoms with Crippen molar-refractivity contribution in [2.75, 3.05) is 35.6 Å². The van der Waals surface area contributed by atoms with Gasteiger partial charge >= 0.3 is 0 Å². The van der Waals surface area contributed by atoms with Crippen molar-refractivity contribution in [3.8, 4) is 0 Å². The summed E-state index contributed by atoms with van der Waals surface area (Å²) in [5.74, 6) is -0.0792. The zero-order chi connectivity index (χ0) is 14.7. The highest BCUT2D eigenvalue weighted by Crippen LogP contribution is 2.33. The predicted octanol–water partition coefficient (Wildman–Crippen LogP) is 1.22. The van der Waals surface area contributed by atoms with Gasteiger partial charge in [0.2, 0.25) is 5.91 Å². The molecule has 0 aromatic heterocycles. The molecule has 2 rings (SSSR count). The first-order chi connectivity index (χ1) is 9.51. The number of nitrogens with two attached hydrogens (primary N) is 1. The molecule has 0 saturated heterocycles. The summed E-state index contributed by atoms with van der Waals surface area (Å²) in [4.78, 5) is 12.7. The molecular weight excluding hydrogens is 268 g/mol. The third kappa shape index (κ3) is 3.16. The van der Waals surface area contributed by atoms with Crippen LogP contribution >= 0.6 is 0 Å². The van der Waals surface area contributed by atoms with Crippen molar-refractivity contribution >= 4 is 23.0 Å². The van der Waals surface area contributed by atoms with E-state index in [4.69, 9.17) is 10.8 Å². The first-order valence-electron chi connectivity index (χ1n) is 6.37. The molecular formula is C13H17F2N3O2. The molecule has 1 aromatic rings. The van der Waals surface area contributed by atoms with Gasteiger partial charge < -0.3 is 21.1 Å². The summed E-state index contributed by atoms with van der Waals surface area (Å²) in [6.45, 7) is -0.643. The van der Waals surface area contributed by atoms with Crippen LogP contribution in [0.15, 0.2) is 12.1 Å². The number of aryl methyl sites for hydroxylation is 1. The van der Waals surface area contributed by atoms with Crippen molar-refractivity contribution in [1.82, 2.24) is 0 Å². The quantitative estimate of drug-likeness (QED) is 0.711. The summed E-state index contributed by atoms with van der Waals surface area (Å²) in [7, 11) is 0. The van der Waals surface area contributed by atoms with E-state index in [1.54, 1.807) is 12.1 Å². The minimum Gasteiger partial charge on any atom is -0.397 e. The molecule has 110 valence electrons. The van der Waals surface area contributed by atoms with Crippen molar-refractivity contribution in [2.24, 2.45) is 0 Å². The lowest BCUT2D eigenvalue weighted by Crippen LogP contribution is -2.32. The van der Waals surface area contributed by atoms with Crippen LogP contribution in [0.1, 0.15) is 12.0 Å². The molecule has 1 aliphatic rings. The minimum absolute atomic E-state index is 0.0792. The van der Waals surface area contributed by atoms with E-state index in [0.29, 0.717) is 29.9 Å². The predicted molar refractivity (Wildman–Crippen MR) is 73.1 cm³/mol. The van der Waals surface area contributed by atoms with Crippen LogP contribution in [0.3, 0.4) is 0 Å². The summed E-state index contributed by atoms with van der Waals surface area (Å²) in [5, 5.41) is 11.7. The van der Waals surface area contributed by atoms with Crippen LogP contribution in [-0.4, -0.2) is 37.1 Å². The van der Waals surface area contributed by atoms with E-state index in [2.05, 4.69) is 5.32 Å². The third-order valence-electron chi connectivity index (χ3n) is 3.22. The summed E-state index contributed by atoms with van der Waals surface area (Å²) in [6, 6.07) is 3.29. The number of nitrogens with zero attached hydrogens (tertiary/aromatic N) is 1. The van der Waals surface area contributed by atoms with Crippen LogP contribution in [0.4, 0.5) is 25.8 Å². The van der Waals surface area contributed by atoms with Crippen LogP contribution in [0.25, 0.3) is 0 Å². The van der Waals surface area contributed by atoms with E-state index in [0.717, 1.165) is 5.56 Å². The number of rotatable bonds is 5. The van der Waals surface area contributed by atoms with Crippen LogP contribution in [0.5, 0.6) is 0 Å². The summed E-state index contributed by atoms with van der Waals surface area (Å²) in [6.07, 6.45) is -1.60. The van der Waals surface area contributed by atoms with Crippen molar-refractivity contribution < 1.29 is 18.7 Å². The number of nitrogens with one attached hydrogen (secondary N) is 1. The molecule has 7 heteroatoms. The molecule has 0 fully saturated rings. The molecule has 0 bridgehead atoms. The fourth-order valence-electron chi connectivity index (χ4n) is 2.30. The van der Waals surface area contributed by atoms with Crippen LogP contribution in [0, 0.1) is 0 Å². The Labute approximate surface area is 115 Å². The Morgan fingerprint density at radius 1 is 1.40 bits per heavy atom. The maximum absolute atomic E-state index is 12.6. The monoisotopic (exact) mass is 285 g/mol. The molecule has 0 saturated carbocycles. The van der Waals surface area contributed by atoms with E-state index in [1.165, 1.54) is 4.90 Å². The third-order valence-corrected chi connectivity index (χ3v) is 3.22. The lowest BCUT2D eigenvalue weighted by Gasteiger charge is -2.27. The van der Waals surface area contributed by atoms with E-state index < -0.39 is 13.0 Å². The van der Waals surface area contributed by atoms with Gasteiger partial charge in [0.1, 0.15) is 0 Å². The Morgan fingerprint density at radius 3 is 2.80 bits per heavy atom. The van der Waals surface area contributed by atoms with Gasteiger partial charge in [0.15, 0.2) is 0 Å². The number of hydrogen-bond donors (Lipinski definition) is 3. The number of hydrogen-bond acceptors (Lipinski definition) is 4. The standard InChI is InChI=1S/C13H17F2N3O2/c14-12(15)7-18(3-4-19)11-5-8-1-2-13(20)17-10(8)6-9(11)16/h5-6,12,19H,1-4,7,16H2,(H,17,20). The Kier molecular flexibility index (Phi) is 4.39. The van der Waals surface area contributed by atoms with Gasteiger partial charge in [-0.3, -0.25) is 4.79 Å². The van der Waals surface area contributed by atoms with Gasteiger partial charge in [-0.05, 0) is 24.1 Å². The number of fused-ring (bicyclic) bond motifs is 1. The Bertz CT molecular complexity index is 509. The molecule has 0 spiro atoms. The Morgan fingerprint density at radius 2 is 2.15 bits per heavy atom. The number of benzene rings is 1. The van der Waals surface area contributed by atoms with Crippen molar-refractivity contribution in [1.29, 1.82) is 0 Å². The van der Waals surface area contributed by atoms with E-state index in [9.17, 15) is 13.6 Å². The largest absolute Gasteiger partial charge is 0.397 e. The molecule has 1 amide bonds. The van der Waals surface area contributed by atoms with Crippen molar-refractivity contribution in [2.45, 2.75) is 19.3 Å². The lowest BCUT2D eigenvalue weighted by molar-refractivity contribution is -0.116. The molecule has 4 N–H and O–H groups in total. The number of carbonyl (C=O) groups excluding carboxylic acids is 1. The fraction of sp³-hybridized carbons (Fsp3) is 0.462. The number of alkyl halides is 2. The van der Waals surface area contributed by atoms with E-state index >= 15 is 0 Å². The van der Waals surface area contributed by atoms with Crippen LogP contribution < -0.4 is 16.0 Å². The molecule has 0 radical (unpaired) electrons. The molecule has 1 aliphatic heterocycles. The summed E-state index contributed by atoms with van der Waals surface area (Å²) < 4.78 is 25.2. The van der Waals surface area contributed by atoms with Gasteiger partial charge in [0.05, 0.1) is 24.5 Å². The van der Waals surface area contributed by atoms with Gasteiger partial charge in [0, 0.05) is 18.7 Å². The second-order valence-corrected chi connectivity index (χ2v) is 4.68. The molecule has 5 nitrogen and oxygen atoms in total. The first kappa shape index (κ1) is 14.5. The normalized spacial score (nSPS) is 14.1. The van der Waals surface area contributed by atoms with Gasteiger partial charge in [-0.15, -0.1) is 0 Å². The molecule has 0 aliphatic carbocycles. The van der Waals surface area contributed by atoms with Gasteiger partial charge in [-0.2, -0.15) is 0 Å². The molecule has 1 heterocycles. The second-order valence-electron chi connectivity index (χ2n) is 4.68. The number of nitrogen functional groups attached to an aromatic ring is 1. The topological polar surface area (TPSA) is 78.6 Å². The number of anilines is 3. The second kappa shape index (κ2) is 6.04. The summed E-state index contributed by atoms with van der Waals surface area (Å²) >= 11 is 0. The highest BCUT2D eigenvalue weighted by atomic mass is 19.3. The lowest BCUT2D eigenvalue weighted by atomic mass is 10.0. The van der Waals surface area contributed by atoms with Crippen molar-refractivity contribution in [3.63, 3.8) is 0 Å². The number of aliphatic hydroxyl groups is 1. The molecule has 1 aromatic carbocycles. The highest BCUT2D eigenvalue weighted by molar-refractivity contribution is 5.95. The summed E-state index contributed by atoms with van der Waals surface area (Å²) in [5.41, 5.74) is 8.14. The average Bonchev–Trinajstić information content (AvgIpc) is 2.36. The molecule has 0 atom stereocenters. The maximum atomic E-state index is 12.6. The van der Waals surface area contributed by atoms with Crippen LogP contribution in [-0.2, 0) is 11.2 Å². The zero-order valence-electron chi connectivity index (χ0n) is 10.9. The van der Waals surface area contributed by atoms with E-state index in [-0.39, 0.29) is 19.1 Å². The smallest absolute Gasteiger partial charge is 0.255 e. The fourth-order valence-corrected chi connectivity index (χ4v) is 2.30. The number of carbonyl (C=O) groups is 1. The SMILES string of the molecule is Nc1cc2c(cc1N(CCO)CC(F)F)CCC(=O)N2. The Hall–Kier alpha value is -1.89. The van der Waals surface area contributed by atoms with Gasteiger partial charge in [-0.1, -0.05) is 0 Å².